The first kappa shape index (κ1) is 13.1. The molecule has 2 aliphatic carbocycles. The number of hydrogen-bond acceptors (Lipinski definition) is 2. The minimum absolute atomic E-state index is 0.133. The van der Waals surface area contributed by atoms with Crippen molar-refractivity contribution in [1.29, 1.82) is 0 Å². The van der Waals surface area contributed by atoms with Crippen LogP contribution >= 0.6 is 0 Å². The lowest BCUT2D eigenvalue weighted by Crippen LogP contribution is -2.48. The highest BCUT2D eigenvalue weighted by atomic mass is 19.1. The van der Waals surface area contributed by atoms with Crippen LogP contribution in [0, 0.1) is 11.7 Å². The van der Waals surface area contributed by atoms with Gasteiger partial charge in [0.05, 0.1) is 0 Å². The third kappa shape index (κ3) is 3.34. The van der Waals surface area contributed by atoms with Crippen molar-refractivity contribution in [3.63, 3.8) is 0 Å². The van der Waals surface area contributed by atoms with Crippen LogP contribution < -0.4 is 5.32 Å². The highest BCUT2D eigenvalue weighted by molar-refractivity contribution is 5.16. The van der Waals surface area contributed by atoms with Crippen molar-refractivity contribution in [2.45, 2.75) is 44.3 Å². The molecule has 0 spiro atoms. The van der Waals surface area contributed by atoms with E-state index in [-0.39, 0.29) is 5.82 Å². The van der Waals surface area contributed by atoms with E-state index in [9.17, 15) is 4.39 Å². The lowest BCUT2D eigenvalue weighted by Gasteiger charge is -2.43. The first-order chi connectivity index (χ1) is 9.22. The van der Waals surface area contributed by atoms with Gasteiger partial charge in [-0.05, 0) is 62.9 Å². The van der Waals surface area contributed by atoms with Crippen molar-refractivity contribution in [3.8, 4) is 0 Å². The van der Waals surface area contributed by atoms with Crippen molar-refractivity contribution in [2.75, 3.05) is 13.6 Å². The maximum absolute atomic E-state index is 13.2. The fourth-order valence-corrected chi connectivity index (χ4v) is 3.02. The third-order valence-corrected chi connectivity index (χ3v) is 4.51. The summed E-state index contributed by atoms with van der Waals surface area (Å²) in [6.45, 7) is 2.01. The van der Waals surface area contributed by atoms with E-state index < -0.39 is 0 Å². The Balaban J connectivity index is 1.50. The van der Waals surface area contributed by atoms with E-state index in [0.717, 1.165) is 30.6 Å². The molecule has 0 amide bonds. The zero-order valence-electron chi connectivity index (χ0n) is 11.6. The predicted octanol–water partition coefficient (Wildman–Crippen LogP) is 2.79. The Kier molecular flexibility index (Phi) is 3.85. The van der Waals surface area contributed by atoms with Crippen LogP contribution in [0.4, 0.5) is 4.39 Å². The van der Waals surface area contributed by atoms with E-state index in [2.05, 4.69) is 17.3 Å². The van der Waals surface area contributed by atoms with Gasteiger partial charge < -0.3 is 5.32 Å². The van der Waals surface area contributed by atoms with E-state index in [0.29, 0.717) is 6.04 Å². The largest absolute Gasteiger partial charge is 0.314 e. The van der Waals surface area contributed by atoms with Crippen LogP contribution in [0.3, 0.4) is 0 Å². The van der Waals surface area contributed by atoms with E-state index in [1.54, 1.807) is 12.1 Å². The highest BCUT2D eigenvalue weighted by Gasteiger charge is 2.34. The second kappa shape index (κ2) is 5.59. The van der Waals surface area contributed by atoms with Crippen LogP contribution in [-0.4, -0.2) is 30.6 Å². The molecule has 19 heavy (non-hydrogen) atoms. The number of hydrogen-bond donors (Lipinski definition) is 1. The van der Waals surface area contributed by atoms with Gasteiger partial charge in [-0.2, -0.15) is 0 Å². The van der Waals surface area contributed by atoms with Gasteiger partial charge in [-0.15, -0.1) is 0 Å². The SMILES string of the molecule is CN(Cc1cccc(F)c1)C1CCC1CNC1CC1. The Hall–Kier alpha value is -0.930. The van der Waals surface area contributed by atoms with Gasteiger partial charge in [0.25, 0.3) is 0 Å². The normalized spacial score (nSPS) is 26.5. The summed E-state index contributed by atoms with van der Waals surface area (Å²) in [5, 5.41) is 3.63. The zero-order valence-corrected chi connectivity index (χ0v) is 11.6. The summed E-state index contributed by atoms with van der Waals surface area (Å²) in [7, 11) is 2.17. The molecule has 0 radical (unpaired) electrons. The van der Waals surface area contributed by atoms with Gasteiger partial charge in [-0.25, -0.2) is 4.39 Å². The summed E-state index contributed by atoms with van der Waals surface area (Å²) < 4.78 is 13.2. The van der Waals surface area contributed by atoms with Gasteiger partial charge in [0.15, 0.2) is 0 Å². The van der Waals surface area contributed by atoms with Crippen LogP contribution in [-0.2, 0) is 6.54 Å². The summed E-state index contributed by atoms with van der Waals surface area (Å²) >= 11 is 0. The number of rotatable bonds is 6. The summed E-state index contributed by atoms with van der Waals surface area (Å²) in [6, 6.07) is 8.42. The fraction of sp³-hybridized carbons (Fsp3) is 0.625. The van der Waals surface area contributed by atoms with Crippen LogP contribution in [0.15, 0.2) is 24.3 Å². The van der Waals surface area contributed by atoms with Gasteiger partial charge in [0.1, 0.15) is 5.82 Å². The van der Waals surface area contributed by atoms with E-state index in [1.807, 2.05) is 6.07 Å². The summed E-state index contributed by atoms with van der Waals surface area (Å²) in [5.74, 6) is 0.644. The zero-order chi connectivity index (χ0) is 13.2. The first-order valence-corrected chi connectivity index (χ1v) is 7.40. The van der Waals surface area contributed by atoms with Crippen molar-refractivity contribution in [2.24, 2.45) is 5.92 Å². The Labute approximate surface area is 115 Å². The van der Waals surface area contributed by atoms with Crippen LogP contribution in [0.1, 0.15) is 31.2 Å². The monoisotopic (exact) mass is 262 g/mol. The molecule has 0 heterocycles. The topological polar surface area (TPSA) is 15.3 Å². The highest BCUT2D eigenvalue weighted by Crippen LogP contribution is 2.32. The lowest BCUT2D eigenvalue weighted by molar-refractivity contribution is 0.0777. The van der Waals surface area contributed by atoms with Crippen LogP contribution in [0.5, 0.6) is 0 Å². The Morgan fingerprint density at radius 1 is 1.26 bits per heavy atom. The van der Waals surface area contributed by atoms with Gasteiger partial charge in [0.2, 0.25) is 0 Å². The Morgan fingerprint density at radius 2 is 2.11 bits per heavy atom. The molecule has 2 fully saturated rings. The second-order valence-corrected chi connectivity index (χ2v) is 6.13. The maximum Gasteiger partial charge on any atom is 0.123 e. The molecule has 2 saturated carbocycles. The molecule has 2 unspecified atom stereocenters. The number of halogens is 1. The molecule has 2 aliphatic rings. The van der Waals surface area contributed by atoms with Crippen LogP contribution in [0.2, 0.25) is 0 Å². The smallest absolute Gasteiger partial charge is 0.123 e. The van der Waals surface area contributed by atoms with E-state index in [4.69, 9.17) is 0 Å². The van der Waals surface area contributed by atoms with E-state index >= 15 is 0 Å². The minimum atomic E-state index is -0.133. The number of nitrogens with one attached hydrogen (secondary N) is 1. The predicted molar refractivity (Wildman–Crippen MR) is 75.4 cm³/mol. The van der Waals surface area contributed by atoms with Crippen molar-refractivity contribution in [1.82, 2.24) is 10.2 Å². The second-order valence-electron chi connectivity index (χ2n) is 6.13. The quantitative estimate of drug-likeness (QED) is 0.848. The van der Waals surface area contributed by atoms with Crippen molar-refractivity contribution < 1.29 is 4.39 Å². The molecule has 3 heteroatoms. The Bertz CT molecular complexity index is 431. The van der Waals surface area contributed by atoms with Crippen LogP contribution in [0.25, 0.3) is 0 Å². The Morgan fingerprint density at radius 3 is 2.74 bits per heavy atom. The molecule has 0 aromatic heterocycles. The molecule has 2 nitrogen and oxygen atoms in total. The molecule has 0 aliphatic heterocycles. The molecular weight excluding hydrogens is 239 g/mol. The molecule has 3 rings (SSSR count). The molecule has 104 valence electrons. The maximum atomic E-state index is 13.2. The number of benzene rings is 1. The molecule has 1 N–H and O–H groups in total. The number of nitrogens with zero attached hydrogens (tertiary/aromatic N) is 1. The average Bonchev–Trinajstić information content (AvgIpc) is 3.11. The minimum Gasteiger partial charge on any atom is -0.314 e. The molecule has 0 bridgehead atoms. The lowest BCUT2D eigenvalue weighted by atomic mass is 9.78. The van der Waals surface area contributed by atoms with Gasteiger partial charge in [-0.3, -0.25) is 4.90 Å². The molecule has 2 atom stereocenters. The summed E-state index contributed by atoms with van der Waals surface area (Å²) in [4.78, 5) is 2.39. The summed E-state index contributed by atoms with van der Waals surface area (Å²) in [5.41, 5.74) is 1.07. The average molecular weight is 262 g/mol. The standard InChI is InChI=1S/C16H23FN2/c1-19(11-12-3-2-4-14(17)9-12)16-8-5-13(16)10-18-15-6-7-15/h2-4,9,13,15-16,18H,5-8,10-11H2,1H3. The van der Waals surface area contributed by atoms with Gasteiger partial charge >= 0.3 is 0 Å². The fourth-order valence-electron chi connectivity index (χ4n) is 3.02. The first-order valence-electron chi connectivity index (χ1n) is 7.40. The molecule has 0 saturated heterocycles. The van der Waals surface area contributed by atoms with Gasteiger partial charge in [-0.1, -0.05) is 12.1 Å². The third-order valence-electron chi connectivity index (χ3n) is 4.51. The van der Waals surface area contributed by atoms with Crippen molar-refractivity contribution in [3.05, 3.63) is 35.6 Å². The van der Waals surface area contributed by atoms with Crippen molar-refractivity contribution >= 4 is 0 Å². The molecule has 1 aromatic rings. The van der Waals surface area contributed by atoms with Gasteiger partial charge in [0, 0.05) is 18.6 Å². The summed E-state index contributed by atoms with van der Waals surface area (Å²) in [6.07, 6.45) is 5.33. The molecule has 1 aromatic carbocycles. The van der Waals surface area contributed by atoms with E-state index in [1.165, 1.54) is 31.7 Å². The molecular formula is C16H23FN2.